The smallest absolute Gasteiger partial charge is 0.0931 e. The van der Waals surface area contributed by atoms with Crippen molar-refractivity contribution in [1.29, 1.82) is 0 Å². The van der Waals surface area contributed by atoms with E-state index in [4.69, 9.17) is 27.9 Å². The van der Waals surface area contributed by atoms with Crippen molar-refractivity contribution < 1.29 is 4.74 Å². The number of aryl methyl sites for hydroxylation is 1. The summed E-state index contributed by atoms with van der Waals surface area (Å²) in [6, 6.07) is 17.0. The van der Waals surface area contributed by atoms with E-state index in [0.717, 1.165) is 55.5 Å². The molecular formula is C25H27Cl2N3O. The van der Waals surface area contributed by atoms with Crippen LogP contribution in [0.15, 0.2) is 48.5 Å². The number of hydrogen-bond donors (Lipinski definition) is 2. The Bertz CT molecular complexity index is 1060. The molecule has 0 bridgehead atoms. The predicted octanol–water partition coefficient (Wildman–Crippen LogP) is 5.27. The number of anilines is 1. The van der Waals surface area contributed by atoms with Crippen molar-refractivity contribution in [3.05, 3.63) is 64.8 Å². The zero-order valence-electron chi connectivity index (χ0n) is 17.5. The zero-order valence-corrected chi connectivity index (χ0v) is 19.0. The van der Waals surface area contributed by atoms with Gasteiger partial charge in [-0.05, 0) is 66.8 Å². The van der Waals surface area contributed by atoms with Crippen molar-refractivity contribution in [2.75, 3.05) is 31.0 Å². The van der Waals surface area contributed by atoms with Gasteiger partial charge in [-0.3, -0.25) is 0 Å². The van der Waals surface area contributed by atoms with E-state index >= 15 is 0 Å². The van der Waals surface area contributed by atoms with Gasteiger partial charge in [-0.1, -0.05) is 23.6 Å². The number of rotatable bonds is 7. The molecule has 4 nitrogen and oxygen atoms in total. The quantitative estimate of drug-likeness (QED) is 0.376. The highest BCUT2D eigenvalue weighted by molar-refractivity contribution is 6.30. The molecule has 3 aromatic rings. The molecule has 2 aromatic carbocycles. The highest BCUT2D eigenvalue weighted by Crippen LogP contribution is 2.22. The van der Waals surface area contributed by atoms with Crippen molar-refractivity contribution >= 4 is 39.8 Å². The van der Waals surface area contributed by atoms with E-state index in [9.17, 15) is 0 Å². The Morgan fingerprint density at radius 1 is 1.06 bits per heavy atom. The van der Waals surface area contributed by atoms with E-state index in [0.29, 0.717) is 18.5 Å². The lowest BCUT2D eigenvalue weighted by molar-refractivity contribution is 0.0776. The summed E-state index contributed by atoms with van der Waals surface area (Å²) >= 11 is 12.0. The molecular weight excluding hydrogens is 429 g/mol. The topological polar surface area (TPSA) is 38.2 Å². The maximum Gasteiger partial charge on any atom is 0.0931 e. The summed E-state index contributed by atoms with van der Waals surface area (Å²) in [7, 11) is 0. The number of aromatic nitrogens is 1. The Labute approximate surface area is 193 Å². The van der Waals surface area contributed by atoms with Crippen LogP contribution in [0, 0.1) is 11.8 Å². The Balaban J connectivity index is 1.45. The van der Waals surface area contributed by atoms with Crippen LogP contribution < -0.4 is 10.6 Å². The van der Waals surface area contributed by atoms with Crippen LogP contribution in [0.5, 0.6) is 0 Å². The van der Waals surface area contributed by atoms with Crippen molar-refractivity contribution in [2.45, 2.75) is 32.0 Å². The normalized spacial score (nSPS) is 14.4. The second kappa shape index (κ2) is 10.9. The molecule has 0 amide bonds. The molecule has 31 heavy (non-hydrogen) atoms. The molecule has 2 N–H and O–H groups in total. The Kier molecular flexibility index (Phi) is 7.77. The molecule has 0 spiro atoms. The lowest BCUT2D eigenvalue weighted by Crippen LogP contribution is -2.34. The average molecular weight is 456 g/mol. The molecule has 0 saturated carbocycles. The Morgan fingerprint density at radius 2 is 1.87 bits per heavy atom. The summed E-state index contributed by atoms with van der Waals surface area (Å²) in [5.74, 6) is 7.08. The molecule has 4 rings (SSSR count). The first-order valence-corrected chi connectivity index (χ1v) is 11.6. The minimum Gasteiger partial charge on any atom is -0.381 e. The first kappa shape index (κ1) is 22.0. The molecule has 1 aliphatic rings. The fraction of sp³-hybridized carbons (Fsp3) is 0.360. The van der Waals surface area contributed by atoms with Crippen LogP contribution in [0.1, 0.15) is 24.1 Å². The van der Waals surface area contributed by atoms with Crippen LogP contribution in [0.4, 0.5) is 5.69 Å². The Hall–Kier alpha value is -2.16. The predicted molar refractivity (Wildman–Crippen MR) is 130 cm³/mol. The van der Waals surface area contributed by atoms with Crippen molar-refractivity contribution in [3.63, 3.8) is 0 Å². The number of hydrogen-bond acceptors (Lipinski definition) is 3. The zero-order chi connectivity index (χ0) is 21.5. The number of nitrogens with zero attached hydrogens (tertiary/aromatic N) is 1. The third-order valence-electron chi connectivity index (χ3n) is 5.53. The van der Waals surface area contributed by atoms with E-state index in [1.165, 1.54) is 16.5 Å². The van der Waals surface area contributed by atoms with Gasteiger partial charge in [0.15, 0.2) is 0 Å². The van der Waals surface area contributed by atoms with Crippen LogP contribution in [0.2, 0.25) is 5.02 Å². The highest BCUT2D eigenvalue weighted by Gasteiger charge is 2.13. The lowest BCUT2D eigenvalue weighted by atomic mass is 10.1. The molecule has 162 valence electrons. The minimum absolute atomic E-state index is 0.542. The van der Waals surface area contributed by atoms with Crippen molar-refractivity contribution in [2.24, 2.45) is 0 Å². The standard InChI is InChI=1S/C25H27Cl2N3O/c26-11-13-30-24(2-1-12-28-22-6-4-21(27)5-7-22)17-20-16-19(3-8-25(20)30)18-29-23-9-14-31-15-10-23/h3-8,16-17,23,28-29H,9-15,18H2. The van der Waals surface area contributed by atoms with E-state index < -0.39 is 0 Å². The summed E-state index contributed by atoms with van der Waals surface area (Å²) < 4.78 is 7.64. The van der Waals surface area contributed by atoms with E-state index in [2.05, 4.69) is 51.3 Å². The number of nitrogens with one attached hydrogen (secondary N) is 2. The molecule has 0 atom stereocenters. The van der Waals surface area contributed by atoms with Crippen LogP contribution >= 0.6 is 23.2 Å². The second-order valence-corrected chi connectivity index (χ2v) is 8.51. The molecule has 6 heteroatoms. The van der Waals surface area contributed by atoms with Crippen LogP contribution in [0.3, 0.4) is 0 Å². The summed E-state index contributed by atoms with van der Waals surface area (Å²) in [6.45, 7) is 3.87. The summed E-state index contributed by atoms with van der Waals surface area (Å²) in [5.41, 5.74) is 4.45. The first-order valence-electron chi connectivity index (χ1n) is 10.7. The fourth-order valence-corrected chi connectivity index (χ4v) is 4.17. The number of benzene rings is 2. The van der Waals surface area contributed by atoms with E-state index in [-0.39, 0.29) is 0 Å². The van der Waals surface area contributed by atoms with Gasteiger partial charge in [-0.2, -0.15) is 0 Å². The molecule has 0 aliphatic carbocycles. The van der Waals surface area contributed by atoms with Crippen LogP contribution in [0.25, 0.3) is 10.9 Å². The maximum atomic E-state index is 6.07. The molecule has 1 aromatic heterocycles. The van der Waals surface area contributed by atoms with Crippen LogP contribution in [-0.2, 0) is 17.8 Å². The van der Waals surface area contributed by atoms with Gasteiger partial charge >= 0.3 is 0 Å². The summed E-state index contributed by atoms with van der Waals surface area (Å²) in [6.07, 6.45) is 2.16. The van der Waals surface area contributed by atoms with E-state index in [1.54, 1.807) is 0 Å². The van der Waals surface area contributed by atoms with Gasteiger partial charge in [0, 0.05) is 59.8 Å². The van der Waals surface area contributed by atoms with Gasteiger partial charge in [-0.25, -0.2) is 0 Å². The van der Waals surface area contributed by atoms with Gasteiger partial charge < -0.3 is 19.9 Å². The SMILES string of the molecule is ClCCn1c(C#CCNc2ccc(Cl)cc2)cc2cc(CNC3CCOCC3)ccc21. The second-order valence-electron chi connectivity index (χ2n) is 7.69. The number of halogens is 2. The van der Waals surface area contributed by atoms with Crippen LogP contribution in [-0.4, -0.2) is 36.2 Å². The highest BCUT2D eigenvalue weighted by atomic mass is 35.5. The van der Waals surface area contributed by atoms with Gasteiger partial charge in [0.05, 0.1) is 12.2 Å². The summed E-state index contributed by atoms with van der Waals surface area (Å²) in [4.78, 5) is 0. The van der Waals surface area contributed by atoms with Gasteiger partial charge in [-0.15, -0.1) is 11.6 Å². The van der Waals surface area contributed by atoms with Gasteiger partial charge in [0.2, 0.25) is 0 Å². The third kappa shape index (κ3) is 5.96. The number of ether oxygens (including phenoxy) is 1. The maximum absolute atomic E-state index is 6.07. The lowest BCUT2D eigenvalue weighted by Gasteiger charge is -2.23. The Morgan fingerprint density at radius 3 is 2.65 bits per heavy atom. The molecule has 0 unspecified atom stereocenters. The molecule has 0 radical (unpaired) electrons. The summed E-state index contributed by atoms with van der Waals surface area (Å²) in [5, 5.41) is 8.88. The number of alkyl halides is 1. The average Bonchev–Trinajstić information content (AvgIpc) is 3.14. The first-order chi connectivity index (χ1) is 15.2. The molecule has 2 heterocycles. The molecule has 1 aliphatic heterocycles. The van der Waals surface area contributed by atoms with Gasteiger partial charge in [0.25, 0.3) is 0 Å². The largest absolute Gasteiger partial charge is 0.381 e. The van der Waals surface area contributed by atoms with Gasteiger partial charge in [0.1, 0.15) is 0 Å². The van der Waals surface area contributed by atoms with Crippen molar-refractivity contribution in [1.82, 2.24) is 9.88 Å². The van der Waals surface area contributed by atoms with E-state index in [1.807, 2.05) is 24.3 Å². The van der Waals surface area contributed by atoms with Crippen molar-refractivity contribution in [3.8, 4) is 11.8 Å². The third-order valence-corrected chi connectivity index (χ3v) is 5.95. The monoisotopic (exact) mass is 455 g/mol. The molecule has 1 fully saturated rings. The fourth-order valence-electron chi connectivity index (χ4n) is 3.87. The minimum atomic E-state index is 0.542. The number of fused-ring (bicyclic) bond motifs is 1. The molecule has 1 saturated heterocycles.